The third-order valence-corrected chi connectivity index (χ3v) is 8.34. The molecule has 0 spiro atoms. The summed E-state index contributed by atoms with van der Waals surface area (Å²) in [4.78, 5) is 12.1. The van der Waals surface area contributed by atoms with Crippen molar-refractivity contribution in [3.05, 3.63) is 58.8 Å². The van der Waals surface area contributed by atoms with Crippen LogP contribution in [0.3, 0.4) is 0 Å². The van der Waals surface area contributed by atoms with E-state index in [1.165, 1.54) is 18.3 Å². The lowest BCUT2D eigenvalue weighted by atomic mass is 9.91. The van der Waals surface area contributed by atoms with Crippen molar-refractivity contribution < 1.29 is 40.2 Å². The van der Waals surface area contributed by atoms with Crippen LogP contribution in [0.5, 0.6) is 11.8 Å². The molecule has 0 bridgehead atoms. The van der Waals surface area contributed by atoms with Crippen LogP contribution in [-0.4, -0.2) is 41.3 Å². The highest BCUT2D eigenvalue weighted by Crippen LogP contribution is 2.53. The molecular weight excluding hydrogens is 631 g/mol. The molecule has 1 aliphatic heterocycles. The second-order valence-electron chi connectivity index (χ2n) is 9.80. The minimum absolute atomic E-state index is 0.00753. The molecule has 4 heterocycles. The second-order valence-corrected chi connectivity index (χ2v) is 10.9. The first-order valence-electron chi connectivity index (χ1n) is 12.8. The molecule has 6 rings (SSSR count). The van der Waals surface area contributed by atoms with Crippen LogP contribution < -0.4 is 25.8 Å². The number of aromatic nitrogens is 3. The largest absolute Gasteiger partial charge is 0.490 e. The summed E-state index contributed by atoms with van der Waals surface area (Å²) in [6.07, 6.45) is -4.29. The number of alkyl halides is 5. The Bertz CT molecular complexity index is 2050. The second kappa shape index (κ2) is 10.8. The molecule has 2 aromatic carbocycles. The number of hydrogen-bond donors (Lipinski definition) is 2. The van der Waals surface area contributed by atoms with E-state index in [4.69, 9.17) is 20.9 Å². The summed E-state index contributed by atoms with van der Waals surface area (Å²) < 4.78 is 117. The molecule has 1 atom stereocenters. The van der Waals surface area contributed by atoms with E-state index >= 15 is 17.6 Å². The number of thiophene rings is 1. The van der Waals surface area contributed by atoms with E-state index in [0.29, 0.717) is 16.2 Å². The van der Waals surface area contributed by atoms with E-state index in [2.05, 4.69) is 15.0 Å². The van der Waals surface area contributed by atoms with E-state index in [-0.39, 0.29) is 38.5 Å². The zero-order valence-electron chi connectivity index (χ0n) is 22.7. The lowest BCUT2D eigenvalue weighted by molar-refractivity contribution is -0.138. The Kier molecular flexibility index (Phi) is 7.19. The van der Waals surface area contributed by atoms with Gasteiger partial charge in [-0.05, 0) is 29.7 Å². The highest BCUT2D eigenvalue weighted by Gasteiger charge is 2.45. The molecular formula is C28H18F7N7O2S. The molecule has 9 nitrogen and oxygen atoms in total. The number of fused-ring (bicyclic) bond motifs is 1. The van der Waals surface area contributed by atoms with Gasteiger partial charge in [-0.2, -0.15) is 37.2 Å². The molecule has 45 heavy (non-hydrogen) atoms. The minimum atomic E-state index is -5.38. The summed E-state index contributed by atoms with van der Waals surface area (Å²) in [5.41, 5.74) is 7.44. The number of nitrogens with zero attached hydrogens (tertiary/aromatic N) is 5. The van der Waals surface area contributed by atoms with Crippen molar-refractivity contribution in [2.24, 2.45) is 0 Å². The van der Waals surface area contributed by atoms with Gasteiger partial charge in [-0.3, -0.25) is 4.90 Å². The number of ether oxygens (including phenoxy) is 2. The Hall–Kier alpha value is -5.11. The Morgan fingerprint density at radius 2 is 1.93 bits per heavy atom. The number of nitrogen functional groups attached to an aromatic ring is 2. The summed E-state index contributed by atoms with van der Waals surface area (Å²) in [7, 11) is 1.06. The third kappa shape index (κ3) is 4.72. The van der Waals surface area contributed by atoms with Gasteiger partial charge in [-0.1, -0.05) is 12.1 Å². The quantitative estimate of drug-likeness (QED) is 0.167. The highest BCUT2D eigenvalue weighted by molar-refractivity contribution is 7.23. The summed E-state index contributed by atoms with van der Waals surface area (Å²) in [6, 6.07) is 4.37. The predicted octanol–water partition coefficient (Wildman–Crippen LogP) is 6.28. The smallest absolute Gasteiger partial charge is 0.420 e. The molecule has 5 aromatic rings. The van der Waals surface area contributed by atoms with E-state index in [1.54, 1.807) is 6.07 Å². The first-order valence-corrected chi connectivity index (χ1v) is 13.7. The number of anilines is 3. The van der Waals surface area contributed by atoms with Gasteiger partial charge in [0, 0.05) is 17.1 Å². The molecule has 0 saturated carbocycles. The van der Waals surface area contributed by atoms with Crippen LogP contribution in [0.4, 0.5) is 47.4 Å². The van der Waals surface area contributed by atoms with Gasteiger partial charge in [0.25, 0.3) is 0 Å². The molecule has 232 valence electrons. The van der Waals surface area contributed by atoms with Gasteiger partial charge < -0.3 is 20.9 Å². The summed E-state index contributed by atoms with van der Waals surface area (Å²) in [5.74, 6) is -4.38. The van der Waals surface area contributed by atoms with Crippen LogP contribution >= 0.6 is 11.3 Å². The van der Waals surface area contributed by atoms with Crippen molar-refractivity contribution in [1.82, 2.24) is 15.0 Å². The van der Waals surface area contributed by atoms with Crippen LogP contribution in [0.2, 0.25) is 0 Å². The first kappa shape index (κ1) is 29.9. The fourth-order valence-electron chi connectivity index (χ4n) is 5.44. The maximum Gasteiger partial charge on any atom is 0.420 e. The molecule has 0 radical (unpaired) electrons. The molecule has 17 heteroatoms. The topological polar surface area (TPSA) is 136 Å². The molecule has 0 aliphatic carbocycles. The summed E-state index contributed by atoms with van der Waals surface area (Å²) >= 11 is 0.595. The van der Waals surface area contributed by atoms with Gasteiger partial charge in [0.15, 0.2) is 11.6 Å². The number of nitriles is 1. The lowest BCUT2D eigenvalue weighted by Gasteiger charge is -2.30. The van der Waals surface area contributed by atoms with Gasteiger partial charge in [0.05, 0.1) is 28.8 Å². The van der Waals surface area contributed by atoms with Crippen molar-refractivity contribution >= 4 is 49.0 Å². The highest BCUT2D eigenvalue weighted by atomic mass is 32.1. The maximum absolute atomic E-state index is 16.7. The first-order chi connectivity index (χ1) is 21.4. The molecule has 4 N–H and O–H groups in total. The number of rotatable bonds is 5. The SMILES string of the molecule is COc1nc2c3c(c(C(F)(F)F)c(-c4ccc(F)c5sc(N)c(C#N)c45)c(F)c3n1)OCC(Cc1cccnc1N)N2C(F)F. The Labute approximate surface area is 252 Å². The molecule has 3 aromatic heterocycles. The molecule has 1 aliphatic rings. The number of methoxy groups -OCH3 is 1. The molecule has 1 unspecified atom stereocenters. The summed E-state index contributed by atoms with van der Waals surface area (Å²) in [5, 5.41) is 8.35. The van der Waals surface area contributed by atoms with E-state index in [0.717, 1.165) is 19.2 Å². The number of pyridine rings is 1. The van der Waals surface area contributed by atoms with Crippen LogP contribution in [0.15, 0.2) is 30.5 Å². The van der Waals surface area contributed by atoms with Crippen molar-refractivity contribution in [3.8, 4) is 29.0 Å². The van der Waals surface area contributed by atoms with Gasteiger partial charge in [0.2, 0.25) is 0 Å². The number of hydrogen-bond acceptors (Lipinski definition) is 10. The van der Waals surface area contributed by atoms with Gasteiger partial charge in [0.1, 0.15) is 46.1 Å². The van der Waals surface area contributed by atoms with Crippen LogP contribution in [0.1, 0.15) is 16.7 Å². The number of benzene rings is 2. The van der Waals surface area contributed by atoms with Crippen molar-refractivity contribution in [2.75, 3.05) is 30.1 Å². The molecule has 0 saturated heterocycles. The van der Waals surface area contributed by atoms with Crippen LogP contribution in [0, 0.1) is 23.0 Å². The van der Waals surface area contributed by atoms with E-state index in [9.17, 15) is 18.4 Å². The Morgan fingerprint density at radius 1 is 1.18 bits per heavy atom. The summed E-state index contributed by atoms with van der Waals surface area (Å²) in [6.45, 7) is -4.14. The zero-order valence-corrected chi connectivity index (χ0v) is 23.5. The Balaban J connectivity index is 1.74. The number of halogens is 7. The average molecular weight is 650 g/mol. The fraction of sp³-hybridized carbons (Fsp3) is 0.214. The van der Waals surface area contributed by atoms with E-state index < -0.39 is 82.2 Å². The normalized spacial score (nSPS) is 14.9. The predicted molar refractivity (Wildman–Crippen MR) is 151 cm³/mol. The monoisotopic (exact) mass is 649 g/mol. The van der Waals surface area contributed by atoms with Gasteiger partial charge >= 0.3 is 18.7 Å². The van der Waals surface area contributed by atoms with Crippen molar-refractivity contribution in [2.45, 2.75) is 25.2 Å². The third-order valence-electron chi connectivity index (χ3n) is 7.32. The fourth-order valence-corrected chi connectivity index (χ4v) is 6.39. The molecule has 0 amide bonds. The van der Waals surface area contributed by atoms with E-state index in [1.807, 2.05) is 0 Å². The number of nitrogens with two attached hydrogens (primary N) is 2. The van der Waals surface area contributed by atoms with Crippen molar-refractivity contribution in [3.63, 3.8) is 0 Å². The lowest BCUT2D eigenvalue weighted by Crippen LogP contribution is -2.44. The van der Waals surface area contributed by atoms with Gasteiger partial charge in [-0.25, -0.2) is 13.8 Å². The van der Waals surface area contributed by atoms with Gasteiger partial charge in [-0.15, -0.1) is 11.3 Å². The molecule has 0 fully saturated rings. The Morgan fingerprint density at radius 3 is 2.58 bits per heavy atom. The maximum atomic E-state index is 16.7. The minimum Gasteiger partial charge on any atom is -0.490 e. The van der Waals surface area contributed by atoms with Crippen molar-refractivity contribution in [1.29, 1.82) is 5.26 Å². The average Bonchev–Trinajstić information content (AvgIpc) is 3.24. The zero-order chi connectivity index (χ0) is 32.4. The van der Waals surface area contributed by atoms with Crippen LogP contribution in [-0.2, 0) is 12.6 Å². The standard InChI is InChI=1S/C28H18F7N7O2S/c1-43-27-40-20-17-21(44-9-11(42(26(31)32)25(17)41-27)7-10-3-2-6-39-23(10)37)18(28(33,34)35)16(19(20)30)12-4-5-14(29)22-15(12)13(8-36)24(38)45-22/h2-6,11,26H,7,9,38H2,1H3,(H2,37,39). The van der Waals surface area contributed by atoms with Crippen LogP contribution in [0.25, 0.3) is 32.1 Å².